The standard InChI is InChI=1S/C14H15NO3/c1-9-6-13(17-2)11-7-10(8-14(16)18-3)4-5-12(11)15-9/h4-7H,8H2,1-3H3. The Hall–Kier alpha value is -2.10. The molecule has 0 N–H and O–H groups in total. The van der Waals surface area contributed by atoms with E-state index in [-0.39, 0.29) is 12.4 Å². The van der Waals surface area contributed by atoms with E-state index >= 15 is 0 Å². The highest BCUT2D eigenvalue weighted by molar-refractivity contribution is 5.87. The number of aromatic nitrogens is 1. The molecule has 0 bridgehead atoms. The molecule has 0 saturated heterocycles. The lowest BCUT2D eigenvalue weighted by molar-refractivity contribution is -0.139. The molecular weight excluding hydrogens is 230 g/mol. The summed E-state index contributed by atoms with van der Waals surface area (Å²) in [5.74, 6) is 0.512. The largest absolute Gasteiger partial charge is 0.496 e. The summed E-state index contributed by atoms with van der Waals surface area (Å²) in [5.41, 5.74) is 2.65. The summed E-state index contributed by atoms with van der Waals surface area (Å²) in [7, 11) is 3.01. The van der Waals surface area contributed by atoms with E-state index in [0.717, 1.165) is 27.9 Å². The molecule has 0 spiro atoms. The van der Waals surface area contributed by atoms with Crippen molar-refractivity contribution in [1.82, 2.24) is 4.98 Å². The molecule has 0 aliphatic heterocycles. The van der Waals surface area contributed by atoms with Crippen LogP contribution in [-0.2, 0) is 16.0 Å². The zero-order valence-corrected chi connectivity index (χ0v) is 10.7. The van der Waals surface area contributed by atoms with Crippen LogP contribution in [0.25, 0.3) is 10.9 Å². The number of benzene rings is 1. The summed E-state index contributed by atoms with van der Waals surface area (Å²) < 4.78 is 9.99. The molecule has 18 heavy (non-hydrogen) atoms. The SMILES string of the molecule is COC(=O)Cc1ccc2nc(C)cc(OC)c2c1. The first-order valence-corrected chi connectivity index (χ1v) is 5.65. The van der Waals surface area contributed by atoms with Gasteiger partial charge in [0, 0.05) is 17.1 Å². The first-order chi connectivity index (χ1) is 8.63. The fraction of sp³-hybridized carbons (Fsp3) is 0.286. The van der Waals surface area contributed by atoms with Crippen molar-refractivity contribution in [1.29, 1.82) is 0 Å². The molecule has 0 aliphatic rings. The summed E-state index contributed by atoms with van der Waals surface area (Å²) in [5, 5.41) is 0.907. The molecule has 4 heteroatoms. The highest BCUT2D eigenvalue weighted by atomic mass is 16.5. The Morgan fingerprint density at radius 2 is 2.06 bits per heavy atom. The van der Waals surface area contributed by atoms with Gasteiger partial charge in [-0.2, -0.15) is 0 Å². The van der Waals surface area contributed by atoms with Gasteiger partial charge in [0.25, 0.3) is 0 Å². The molecule has 0 fully saturated rings. The van der Waals surface area contributed by atoms with Crippen molar-refractivity contribution in [2.45, 2.75) is 13.3 Å². The van der Waals surface area contributed by atoms with Crippen LogP contribution in [0.2, 0.25) is 0 Å². The summed E-state index contributed by atoms with van der Waals surface area (Å²) in [6, 6.07) is 7.57. The molecule has 0 atom stereocenters. The second kappa shape index (κ2) is 5.04. The third-order valence-corrected chi connectivity index (χ3v) is 2.76. The zero-order valence-electron chi connectivity index (χ0n) is 10.7. The van der Waals surface area contributed by atoms with Gasteiger partial charge in [-0.15, -0.1) is 0 Å². The minimum absolute atomic E-state index is 0.253. The van der Waals surface area contributed by atoms with Crippen LogP contribution in [0, 0.1) is 6.92 Å². The van der Waals surface area contributed by atoms with Gasteiger partial charge < -0.3 is 9.47 Å². The van der Waals surface area contributed by atoms with Gasteiger partial charge in [0.2, 0.25) is 0 Å². The van der Waals surface area contributed by atoms with Crippen LogP contribution in [0.3, 0.4) is 0 Å². The molecule has 0 saturated carbocycles. The van der Waals surface area contributed by atoms with Crippen LogP contribution in [0.1, 0.15) is 11.3 Å². The minimum Gasteiger partial charge on any atom is -0.496 e. The number of hydrogen-bond acceptors (Lipinski definition) is 4. The topological polar surface area (TPSA) is 48.4 Å². The van der Waals surface area contributed by atoms with Crippen LogP contribution < -0.4 is 4.74 Å². The lowest BCUT2D eigenvalue weighted by atomic mass is 10.1. The average Bonchev–Trinajstić information content (AvgIpc) is 2.38. The van der Waals surface area contributed by atoms with Gasteiger partial charge in [0.05, 0.1) is 26.2 Å². The van der Waals surface area contributed by atoms with Crippen LogP contribution in [0.4, 0.5) is 0 Å². The van der Waals surface area contributed by atoms with E-state index in [1.165, 1.54) is 7.11 Å². The molecule has 1 aromatic heterocycles. The van der Waals surface area contributed by atoms with Gasteiger partial charge in [-0.1, -0.05) is 6.07 Å². The first kappa shape index (κ1) is 12.4. The van der Waals surface area contributed by atoms with E-state index in [1.54, 1.807) is 7.11 Å². The van der Waals surface area contributed by atoms with Crippen molar-refractivity contribution in [2.24, 2.45) is 0 Å². The lowest BCUT2D eigenvalue weighted by Crippen LogP contribution is -2.04. The van der Waals surface area contributed by atoms with E-state index in [4.69, 9.17) is 4.74 Å². The Bertz CT molecular complexity index is 593. The Kier molecular flexibility index (Phi) is 3.46. The maximum absolute atomic E-state index is 11.3. The summed E-state index contributed by atoms with van der Waals surface area (Å²) >= 11 is 0. The van der Waals surface area contributed by atoms with Crippen molar-refractivity contribution in [3.05, 3.63) is 35.5 Å². The average molecular weight is 245 g/mol. The Morgan fingerprint density at radius 3 is 2.72 bits per heavy atom. The summed E-state index contributed by atoms with van der Waals surface area (Å²) in [6.45, 7) is 1.92. The van der Waals surface area contributed by atoms with Gasteiger partial charge in [0.15, 0.2) is 0 Å². The number of esters is 1. The van der Waals surface area contributed by atoms with Crippen LogP contribution in [-0.4, -0.2) is 25.2 Å². The van der Waals surface area contributed by atoms with E-state index < -0.39 is 0 Å². The molecule has 0 unspecified atom stereocenters. The van der Waals surface area contributed by atoms with Crippen LogP contribution in [0.15, 0.2) is 24.3 Å². The van der Waals surface area contributed by atoms with E-state index in [9.17, 15) is 4.79 Å². The third kappa shape index (κ3) is 2.42. The lowest BCUT2D eigenvalue weighted by Gasteiger charge is -2.08. The highest BCUT2D eigenvalue weighted by Gasteiger charge is 2.08. The number of nitrogens with zero attached hydrogens (tertiary/aromatic N) is 1. The monoisotopic (exact) mass is 245 g/mol. The van der Waals surface area contributed by atoms with Gasteiger partial charge in [-0.05, 0) is 24.6 Å². The summed E-state index contributed by atoms with van der Waals surface area (Å²) in [4.78, 5) is 15.7. The van der Waals surface area contributed by atoms with E-state index in [1.807, 2.05) is 31.2 Å². The van der Waals surface area contributed by atoms with Gasteiger partial charge in [-0.25, -0.2) is 0 Å². The highest BCUT2D eigenvalue weighted by Crippen LogP contribution is 2.26. The molecule has 0 aliphatic carbocycles. The minimum atomic E-state index is -0.256. The van der Waals surface area contributed by atoms with Gasteiger partial charge in [0.1, 0.15) is 5.75 Å². The Morgan fingerprint density at radius 1 is 1.28 bits per heavy atom. The van der Waals surface area contributed by atoms with Crippen molar-refractivity contribution in [3.63, 3.8) is 0 Å². The zero-order chi connectivity index (χ0) is 13.1. The number of fused-ring (bicyclic) bond motifs is 1. The van der Waals surface area contributed by atoms with Gasteiger partial charge in [-0.3, -0.25) is 9.78 Å². The third-order valence-electron chi connectivity index (χ3n) is 2.76. The molecule has 1 heterocycles. The van der Waals surface area contributed by atoms with Crippen LogP contribution in [0.5, 0.6) is 5.75 Å². The number of carbonyl (C=O) groups excluding carboxylic acids is 1. The normalized spacial score (nSPS) is 10.4. The van der Waals surface area contributed by atoms with Crippen LogP contribution >= 0.6 is 0 Å². The van der Waals surface area contributed by atoms with Crippen molar-refractivity contribution in [3.8, 4) is 5.75 Å². The molecule has 0 radical (unpaired) electrons. The molecular formula is C14H15NO3. The maximum Gasteiger partial charge on any atom is 0.309 e. The predicted molar refractivity (Wildman–Crippen MR) is 68.8 cm³/mol. The first-order valence-electron chi connectivity index (χ1n) is 5.65. The van der Waals surface area contributed by atoms with E-state index in [0.29, 0.717) is 0 Å². The maximum atomic E-state index is 11.3. The fourth-order valence-electron chi connectivity index (χ4n) is 1.89. The fourth-order valence-corrected chi connectivity index (χ4v) is 1.89. The number of ether oxygens (including phenoxy) is 2. The molecule has 94 valence electrons. The number of rotatable bonds is 3. The van der Waals surface area contributed by atoms with Crippen molar-refractivity contribution in [2.75, 3.05) is 14.2 Å². The van der Waals surface area contributed by atoms with Gasteiger partial charge >= 0.3 is 5.97 Å². The number of carbonyl (C=O) groups is 1. The second-order valence-corrected chi connectivity index (χ2v) is 4.07. The Labute approximate surface area is 106 Å². The molecule has 2 aromatic rings. The second-order valence-electron chi connectivity index (χ2n) is 4.07. The predicted octanol–water partition coefficient (Wildman–Crippen LogP) is 2.27. The quantitative estimate of drug-likeness (QED) is 0.778. The molecule has 4 nitrogen and oxygen atoms in total. The molecule has 0 amide bonds. The number of methoxy groups -OCH3 is 2. The van der Waals surface area contributed by atoms with Crippen molar-refractivity contribution >= 4 is 16.9 Å². The summed E-state index contributed by atoms with van der Waals surface area (Å²) in [6.07, 6.45) is 0.253. The van der Waals surface area contributed by atoms with E-state index in [2.05, 4.69) is 9.72 Å². The smallest absolute Gasteiger partial charge is 0.309 e. The number of hydrogen-bond donors (Lipinski definition) is 0. The number of pyridine rings is 1. The Balaban J connectivity index is 2.49. The molecule has 2 rings (SSSR count). The van der Waals surface area contributed by atoms with Crippen molar-refractivity contribution < 1.29 is 14.3 Å². The molecule has 1 aromatic carbocycles. The number of aryl methyl sites for hydroxylation is 1.